The van der Waals surface area contributed by atoms with Crippen molar-refractivity contribution in [1.29, 1.82) is 0 Å². The molecule has 6 N–H and O–H groups in total. The molecule has 182 valence electrons. The highest BCUT2D eigenvalue weighted by atomic mass is 16.3. The van der Waals surface area contributed by atoms with Crippen LogP contribution in [-0.4, -0.2) is 63.1 Å². The summed E-state index contributed by atoms with van der Waals surface area (Å²) in [7, 11) is 0. The number of carbonyl (C=O) groups excluding carboxylic acids is 3. The molecule has 5 rings (SSSR count). The van der Waals surface area contributed by atoms with Crippen molar-refractivity contribution >= 4 is 28.9 Å². The van der Waals surface area contributed by atoms with Gasteiger partial charge in [0.2, 0.25) is 11.8 Å². The summed E-state index contributed by atoms with van der Waals surface area (Å²) in [6, 6.07) is 9.00. The molecule has 1 saturated heterocycles. The van der Waals surface area contributed by atoms with Gasteiger partial charge in [0.05, 0.1) is 23.0 Å². The standard InChI is InChI=1S/C25H28N6O4/c1-13-19-11-30(22(33)12-32)9-17(19)6-20(13)29-23-18(25(27)35)8-28-31-10-16(7-21(23)31)14-2-4-15(5-3-14)24(26)34/h2-5,7-8,10,13,17,19-20,29,32H,6,9,11-12H2,1H3,(H2,26,34)(H2,27,35)/t13-,17+,19-,20+/m0/s1. The van der Waals surface area contributed by atoms with Crippen molar-refractivity contribution in [3.8, 4) is 11.1 Å². The van der Waals surface area contributed by atoms with E-state index >= 15 is 0 Å². The average Bonchev–Trinajstić information content (AvgIpc) is 3.53. The smallest absolute Gasteiger partial charge is 0.252 e. The third-order valence-electron chi connectivity index (χ3n) is 7.58. The molecule has 10 nitrogen and oxygen atoms in total. The fraction of sp³-hybridized carbons (Fsp3) is 0.360. The Bertz CT molecular complexity index is 1320. The lowest BCUT2D eigenvalue weighted by Gasteiger charge is -2.25. The molecule has 1 saturated carbocycles. The number of carbonyl (C=O) groups is 3. The SMILES string of the molecule is C[C@H]1[C@@H]2CN(C(=O)CO)C[C@H]2C[C@H]1Nc1c(C(N)=O)cnn2cc(-c3ccc(C(N)=O)cc3)cc12. The van der Waals surface area contributed by atoms with Crippen molar-refractivity contribution in [2.24, 2.45) is 29.2 Å². The minimum atomic E-state index is -0.568. The van der Waals surface area contributed by atoms with Gasteiger partial charge < -0.3 is 26.8 Å². The van der Waals surface area contributed by atoms with E-state index in [1.54, 1.807) is 21.5 Å². The normalized spacial score (nSPS) is 23.4. The molecule has 2 aliphatic rings. The molecule has 0 spiro atoms. The molecule has 3 heterocycles. The Kier molecular flexibility index (Phi) is 5.68. The van der Waals surface area contributed by atoms with Crippen molar-refractivity contribution in [3.63, 3.8) is 0 Å². The summed E-state index contributed by atoms with van der Waals surface area (Å²) in [4.78, 5) is 37.3. The second-order valence-electron chi connectivity index (χ2n) is 9.52. The average molecular weight is 477 g/mol. The molecule has 3 aromatic rings. The summed E-state index contributed by atoms with van der Waals surface area (Å²) in [6.45, 7) is 2.96. The third-order valence-corrected chi connectivity index (χ3v) is 7.58. The van der Waals surface area contributed by atoms with Gasteiger partial charge in [-0.25, -0.2) is 4.52 Å². The van der Waals surface area contributed by atoms with Gasteiger partial charge in [-0.3, -0.25) is 14.4 Å². The van der Waals surface area contributed by atoms with Crippen LogP contribution in [-0.2, 0) is 4.79 Å². The first-order valence-electron chi connectivity index (χ1n) is 11.6. The van der Waals surface area contributed by atoms with Crippen LogP contribution in [0.1, 0.15) is 34.1 Å². The van der Waals surface area contributed by atoms with Crippen molar-refractivity contribution < 1.29 is 19.5 Å². The monoisotopic (exact) mass is 476 g/mol. The first-order valence-corrected chi connectivity index (χ1v) is 11.6. The molecular weight excluding hydrogens is 448 g/mol. The Morgan fingerprint density at radius 1 is 1.11 bits per heavy atom. The molecule has 0 unspecified atom stereocenters. The molecule has 2 aromatic heterocycles. The topological polar surface area (TPSA) is 156 Å². The van der Waals surface area contributed by atoms with E-state index in [9.17, 15) is 19.5 Å². The van der Waals surface area contributed by atoms with E-state index in [1.807, 2.05) is 24.4 Å². The zero-order valence-electron chi connectivity index (χ0n) is 19.3. The fourth-order valence-electron chi connectivity index (χ4n) is 5.64. The number of hydrogen-bond donors (Lipinski definition) is 4. The summed E-state index contributed by atoms with van der Waals surface area (Å²) >= 11 is 0. The summed E-state index contributed by atoms with van der Waals surface area (Å²) < 4.78 is 1.70. The second-order valence-corrected chi connectivity index (χ2v) is 9.52. The lowest BCUT2D eigenvalue weighted by Crippen LogP contribution is -2.35. The predicted molar refractivity (Wildman–Crippen MR) is 130 cm³/mol. The number of nitrogens with one attached hydrogen (secondary N) is 1. The number of amides is 3. The van der Waals surface area contributed by atoms with Gasteiger partial charge in [-0.2, -0.15) is 5.10 Å². The Labute approximate surface area is 201 Å². The van der Waals surface area contributed by atoms with E-state index in [4.69, 9.17) is 11.5 Å². The third kappa shape index (κ3) is 3.99. The van der Waals surface area contributed by atoms with Crippen LogP contribution < -0.4 is 16.8 Å². The van der Waals surface area contributed by atoms with Gasteiger partial charge in [-0.1, -0.05) is 19.1 Å². The Morgan fingerprint density at radius 2 is 1.86 bits per heavy atom. The highest BCUT2D eigenvalue weighted by Gasteiger charge is 2.47. The number of anilines is 1. The number of hydrogen-bond acceptors (Lipinski definition) is 6. The van der Waals surface area contributed by atoms with Gasteiger partial charge in [-0.15, -0.1) is 0 Å². The molecule has 10 heteroatoms. The van der Waals surface area contributed by atoms with Crippen LogP contribution in [0, 0.1) is 17.8 Å². The van der Waals surface area contributed by atoms with E-state index in [2.05, 4.69) is 17.3 Å². The van der Waals surface area contributed by atoms with Gasteiger partial charge in [0.15, 0.2) is 0 Å². The van der Waals surface area contributed by atoms with Crippen LogP contribution in [0.2, 0.25) is 0 Å². The summed E-state index contributed by atoms with van der Waals surface area (Å²) in [5.41, 5.74) is 14.9. The van der Waals surface area contributed by atoms with Gasteiger partial charge in [0, 0.05) is 36.5 Å². The number of nitrogens with two attached hydrogens (primary N) is 2. The minimum absolute atomic E-state index is 0.0916. The maximum Gasteiger partial charge on any atom is 0.252 e. The molecule has 35 heavy (non-hydrogen) atoms. The Hall–Kier alpha value is -3.92. The molecule has 1 aliphatic carbocycles. The lowest BCUT2D eigenvalue weighted by molar-refractivity contribution is -0.133. The lowest BCUT2D eigenvalue weighted by atomic mass is 9.93. The zero-order chi connectivity index (χ0) is 24.9. The summed E-state index contributed by atoms with van der Waals surface area (Å²) in [5, 5.41) is 17.2. The molecule has 4 atom stereocenters. The van der Waals surface area contributed by atoms with Gasteiger partial charge >= 0.3 is 0 Å². The van der Waals surface area contributed by atoms with Crippen molar-refractivity contribution in [1.82, 2.24) is 14.5 Å². The first kappa shape index (κ1) is 22.9. The summed E-state index contributed by atoms with van der Waals surface area (Å²) in [5.74, 6) is -0.379. The number of aliphatic hydroxyl groups excluding tert-OH is 1. The highest BCUT2D eigenvalue weighted by Crippen LogP contribution is 2.44. The van der Waals surface area contributed by atoms with Crippen LogP contribution >= 0.6 is 0 Å². The molecule has 2 fully saturated rings. The van der Waals surface area contributed by atoms with Crippen LogP contribution in [0.4, 0.5) is 5.69 Å². The van der Waals surface area contributed by atoms with Crippen LogP contribution in [0.5, 0.6) is 0 Å². The maximum absolute atomic E-state index is 12.3. The number of likely N-dealkylation sites (tertiary alicyclic amines) is 1. The fourth-order valence-corrected chi connectivity index (χ4v) is 5.64. The minimum Gasteiger partial charge on any atom is -0.387 e. The van der Waals surface area contributed by atoms with Crippen molar-refractivity contribution in [3.05, 3.63) is 53.9 Å². The van der Waals surface area contributed by atoms with E-state index in [0.717, 1.165) is 23.1 Å². The first-order chi connectivity index (χ1) is 16.8. The molecule has 0 bridgehead atoms. The predicted octanol–water partition coefficient (Wildman–Crippen LogP) is 1.09. The number of primary amides is 2. The zero-order valence-corrected chi connectivity index (χ0v) is 19.3. The number of rotatable bonds is 6. The molecule has 1 aliphatic heterocycles. The molecule has 0 radical (unpaired) electrons. The maximum atomic E-state index is 12.3. The summed E-state index contributed by atoms with van der Waals surface area (Å²) in [6.07, 6.45) is 4.17. The Balaban J connectivity index is 1.45. The van der Waals surface area contributed by atoms with E-state index in [-0.39, 0.29) is 17.9 Å². The van der Waals surface area contributed by atoms with Crippen LogP contribution in [0.25, 0.3) is 16.6 Å². The molecule has 3 amide bonds. The van der Waals surface area contributed by atoms with E-state index in [1.165, 1.54) is 6.20 Å². The van der Waals surface area contributed by atoms with Crippen molar-refractivity contribution in [2.45, 2.75) is 19.4 Å². The van der Waals surface area contributed by atoms with E-state index in [0.29, 0.717) is 41.7 Å². The molecular formula is C25H28N6O4. The molecule has 1 aromatic carbocycles. The number of aromatic nitrogens is 2. The van der Waals surface area contributed by atoms with Crippen LogP contribution in [0.15, 0.2) is 42.7 Å². The quantitative estimate of drug-likeness (QED) is 0.417. The number of benzene rings is 1. The highest BCUT2D eigenvalue weighted by molar-refractivity contribution is 6.02. The van der Waals surface area contributed by atoms with Crippen molar-refractivity contribution in [2.75, 3.05) is 25.0 Å². The van der Waals surface area contributed by atoms with Crippen LogP contribution in [0.3, 0.4) is 0 Å². The Morgan fingerprint density at radius 3 is 2.49 bits per heavy atom. The van der Waals surface area contributed by atoms with E-state index < -0.39 is 18.4 Å². The second kappa shape index (κ2) is 8.70. The van der Waals surface area contributed by atoms with Gasteiger partial charge in [0.1, 0.15) is 6.61 Å². The number of fused-ring (bicyclic) bond motifs is 2. The largest absolute Gasteiger partial charge is 0.387 e. The van der Waals surface area contributed by atoms with Gasteiger partial charge in [0.25, 0.3) is 5.91 Å². The van der Waals surface area contributed by atoms with Gasteiger partial charge in [-0.05, 0) is 47.9 Å². The number of aliphatic hydroxyl groups is 1. The number of nitrogens with zero attached hydrogens (tertiary/aromatic N) is 3.